The number of guanidine groups is 1. The molecular formula is C34H49N9O5. The number of nitrogens with one attached hydrogen (secondary N) is 3. The maximum Gasteiger partial charge on any atom is 0.407 e. The smallest absolute Gasteiger partial charge is 0.407 e. The van der Waals surface area contributed by atoms with Crippen LogP contribution in [0.4, 0.5) is 10.6 Å². The molecule has 4 bridgehead atoms. The zero-order valence-corrected chi connectivity index (χ0v) is 28.4. The van der Waals surface area contributed by atoms with Gasteiger partial charge in [0.25, 0.3) is 0 Å². The molecule has 4 aliphatic carbocycles. The molecule has 6 aliphatic rings. The number of hydrogen-bond acceptors (Lipinski definition) is 11. The van der Waals surface area contributed by atoms with Gasteiger partial charge in [0.1, 0.15) is 18.0 Å². The molecule has 0 spiro atoms. The Labute approximate surface area is 281 Å². The van der Waals surface area contributed by atoms with E-state index in [2.05, 4.69) is 40.8 Å². The lowest BCUT2D eigenvalue weighted by molar-refractivity contribution is -0.157. The standard InChI is InChI=1S/C34H49N9O5/c1-33(2,3)48-30(45)25(40-32(46)47-18-34-14-21-11-22(15-34)13-23(12-21)16-34)17-43-20-39-26-27(37-19-38-28(26)43)42-9-5-24(6-10-42)29(44)41-31-35-7-4-8-36-31/h19-25H,4-18H2,1-3H3,(H,40,46)(H2,35,36,41,44)/t21?,22?,23?,25-,34?/m0/s1. The molecule has 5 fully saturated rings. The Morgan fingerprint density at radius 3 is 2.40 bits per heavy atom. The summed E-state index contributed by atoms with van der Waals surface area (Å²) >= 11 is 0. The molecule has 2 aromatic heterocycles. The Bertz CT molecular complexity index is 1520. The number of aliphatic imine (C=N–C) groups is 1. The fourth-order valence-corrected chi connectivity index (χ4v) is 9.04. The summed E-state index contributed by atoms with van der Waals surface area (Å²) in [7, 11) is 0. The number of hydrogen-bond donors (Lipinski definition) is 3. The van der Waals surface area contributed by atoms with Gasteiger partial charge in [-0.15, -0.1) is 0 Å². The first-order valence-corrected chi connectivity index (χ1v) is 17.7. The molecule has 14 heteroatoms. The van der Waals surface area contributed by atoms with E-state index in [9.17, 15) is 14.4 Å². The zero-order valence-electron chi connectivity index (χ0n) is 28.4. The second kappa shape index (κ2) is 13.1. The van der Waals surface area contributed by atoms with Crippen molar-refractivity contribution < 1.29 is 23.9 Å². The Balaban J connectivity index is 1.01. The summed E-state index contributed by atoms with van der Waals surface area (Å²) in [5, 5.41) is 8.88. The summed E-state index contributed by atoms with van der Waals surface area (Å²) < 4.78 is 13.3. The van der Waals surface area contributed by atoms with Crippen LogP contribution >= 0.6 is 0 Å². The van der Waals surface area contributed by atoms with Gasteiger partial charge in [0.05, 0.1) is 19.5 Å². The van der Waals surface area contributed by atoms with Gasteiger partial charge in [0, 0.05) is 37.5 Å². The van der Waals surface area contributed by atoms with Crippen molar-refractivity contribution in [3.05, 3.63) is 12.7 Å². The van der Waals surface area contributed by atoms with E-state index >= 15 is 0 Å². The first kappa shape index (κ1) is 32.6. The molecule has 3 N–H and O–H groups in total. The van der Waals surface area contributed by atoms with Crippen molar-refractivity contribution >= 4 is 40.9 Å². The number of fused-ring (bicyclic) bond motifs is 1. The van der Waals surface area contributed by atoms with Crippen LogP contribution < -0.4 is 20.9 Å². The number of imidazole rings is 1. The Kier molecular flexibility index (Phi) is 8.92. The van der Waals surface area contributed by atoms with Crippen molar-refractivity contribution in [2.45, 2.75) is 96.7 Å². The van der Waals surface area contributed by atoms with E-state index in [-0.39, 0.29) is 23.8 Å². The Morgan fingerprint density at radius 1 is 1.04 bits per heavy atom. The topological polar surface area (TPSA) is 165 Å². The molecule has 260 valence electrons. The molecule has 48 heavy (non-hydrogen) atoms. The molecular weight excluding hydrogens is 614 g/mol. The summed E-state index contributed by atoms with van der Waals surface area (Å²) in [5.41, 5.74) is 0.462. The number of nitrogens with zero attached hydrogens (tertiary/aromatic N) is 6. The third-order valence-corrected chi connectivity index (χ3v) is 10.7. The van der Waals surface area contributed by atoms with Crippen molar-refractivity contribution in [2.24, 2.45) is 34.1 Å². The highest BCUT2D eigenvalue weighted by molar-refractivity contribution is 5.98. The molecule has 0 unspecified atom stereocenters. The predicted molar refractivity (Wildman–Crippen MR) is 178 cm³/mol. The molecule has 8 rings (SSSR count). The predicted octanol–water partition coefficient (Wildman–Crippen LogP) is 3.16. The maximum absolute atomic E-state index is 13.4. The van der Waals surface area contributed by atoms with Crippen molar-refractivity contribution in [1.82, 2.24) is 35.5 Å². The van der Waals surface area contributed by atoms with E-state index in [4.69, 9.17) is 9.47 Å². The lowest BCUT2D eigenvalue weighted by Gasteiger charge is -2.56. The second-order valence-corrected chi connectivity index (χ2v) is 15.8. The Morgan fingerprint density at radius 2 is 1.75 bits per heavy atom. The molecule has 1 atom stereocenters. The van der Waals surface area contributed by atoms with Crippen molar-refractivity contribution in [3.8, 4) is 0 Å². The first-order chi connectivity index (χ1) is 23.0. The summed E-state index contributed by atoms with van der Waals surface area (Å²) in [6.07, 6.45) is 12.1. The van der Waals surface area contributed by atoms with Crippen LogP contribution in [-0.4, -0.2) is 87.9 Å². The third-order valence-electron chi connectivity index (χ3n) is 10.7. The minimum Gasteiger partial charge on any atom is -0.458 e. The molecule has 0 radical (unpaired) electrons. The van der Waals surface area contributed by atoms with E-state index in [0.717, 1.165) is 56.5 Å². The molecule has 4 saturated carbocycles. The summed E-state index contributed by atoms with van der Waals surface area (Å²) in [6, 6.07) is -1.01. The van der Waals surface area contributed by atoms with Crippen LogP contribution in [0.15, 0.2) is 17.6 Å². The highest BCUT2D eigenvalue weighted by Crippen LogP contribution is 2.60. The van der Waals surface area contributed by atoms with E-state index in [1.165, 1.54) is 25.6 Å². The molecule has 1 saturated heterocycles. The van der Waals surface area contributed by atoms with Crippen molar-refractivity contribution in [1.29, 1.82) is 0 Å². The number of carbonyl (C=O) groups excluding carboxylic acids is 3. The number of piperidine rings is 1. The molecule has 4 heterocycles. The van der Waals surface area contributed by atoms with Gasteiger partial charge in [-0.25, -0.2) is 24.5 Å². The fourth-order valence-electron chi connectivity index (χ4n) is 9.04. The van der Waals surface area contributed by atoms with Crippen molar-refractivity contribution in [2.75, 3.05) is 37.7 Å². The number of carbonyl (C=O) groups is 3. The minimum atomic E-state index is -1.01. The van der Waals surface area contributed by atoms with Crippen LogP contribution in [0.5, 0.6) is 0 Å². The average Bonchev–Trinajstić information content (AvgIpc) is 3.45. The number of rotatable bonds is 8. The number of ether oxygens (including phenoxy) is 2. The minimum absolute atomic E-state index is 0.0166. The number of alkyl carbamates (subject to hydrolysis) is 1. The maximum atomic E-state index is 13.4. The second-order valence-electron chi connectivity index (χ2n) is 15.8. The number of amides is 2. The van der Waals surface area contributed by atoms with Gasteiger partial charge in [-0.05, 0) is 96.3 Å². The SMILES string of the molecule is CC(C)(C)OC(=O)[C@H](Cn1cnc2c(N3CCC(C(=O)NC4=NCCCN4)CC3)ncnc21)NC(=O)OCC12CC3CC(CC(C3)C1)C2. The first-order valence-electron chi connectivity index (χ1n) is 17.7. The molecule has 0 aromatic carbocycles. The average molecular weight is 664 g/mol. The number of aromatic nitrogens is 4. The quantitative estimate of drug-likeness (QED) is 0.358. The normalized spacial score (nSPS) is 27.6. The van der Waals surface area contributed by atoms with Crippen LogP contribution in [0, 0.1) is 29.1 Å². The van der Waals surface area contributed by atoms with Crippen LogP contribution in [-0.2, 0) is 25.6 Å². The van der Waals surface area contributed by atoms with Gasteiger partial charge in [-0.3, -0.25) is 15.1 Å². The van der Waals surface area contributed by atoms with E-state index in [1.807, 2.05) is 0 Å². The summed E-state index contributed by atoms with van der Waals surface area (Å²) in [5.74, 6) is 2.80. The molecule has 2 amide bonds. The lowest BCUT2D eigenvalue weighted by atomic mass is 9.50. The number of esters is 1. The van der Waals surface area contributed by atoms with Crippen molar-refractivity contribution in [3.63, 3.8) is 0 Å². The number of anilines is 1. The molecule has 14 nitrogen and oxygen atoms in total. The van der Waals surface area contributed by atoms with Gasteiger partial charge < -0.3 is 29.6 Å². The van der Waals surface area contributed by atoms with E-state index in [0.29, 0.717) is 55.5 Å². The summed E-state index contributed by atoms with van der Waals surface area (Å²) in [6.45, 7) is 8.65. The third kappa shape index (κ3) is 7.21. The molecule has 2 aromatic rings. The van der Waals surface area contributed by atoms with Gasteiger partial charge in [0.15, 0.2) is 22.9 Å². The highest BCUT2D eigenvalue weighted by atomic mass is 16.6. The molecule has 2 aliphatic heterocycles. The van der Waals surface area contributed by atoms with Gasteiger partial charge in [-0.2, -0.15) is 0 Å². The lowest BCUT2D eigenvalue weighted by Crippen LogP contribution is -2.50. The monoisotopic (exact) mass is 663 g/mol. The summed E-state index contributed by atoms with van der Waals surface area (Å²) in [4.78, 5) is 59.6. The largest absolute Gasteiger partial charge is 0.458 e. The zero-order chi connectivity index (χ0) is 33.5. The highest BCUT2D eigenvalue weighted by Gasteiger charge is 2.51. The Hall–Kier alpha value is -3.97. The van der Waals surface area contributed by atoms with Gasteiger partial charge in [-0.1, -0.05) is 0 Å². The van der Waals surface area contributed by atoms with E-state index in [1.54, 1.807) is 31.7 Å². The van der Waals surface area contributed by atoms with E-state index < -0.39 is 23.7 Å². The van der Waals surface area contributed by atoms with Crippen LogP contribution in [0.1, 0.15) is 78.6 Å². The fraction of sp³-hybridized carbons (Fsp3) is 0.735. The van der Waals surface area contributed by atoms with Crippen LogP contribution in [0.2, 0.25) is 0 Å². The van der Waals surface area contributed by atoms with Crippen LogP contribution in [0.25, 0.3) is 11.2 Å². The van der Waals surface area contributed by atoms with Crippen LogP contribution in [0.3, 0.4) is 0 Å². The van der Waals surface area contributed by atoms with Gasteiger partial charge in [0.2, 0.25) is 5.91 Å². The van der Waals surface area contributed by atoms with Gasteiger partial charge >= 0.3 is 12.1 Å².